The van der Waals surface area contributed by atoms with Crippen molar-refractivity contribution in [3.05, 3.63) is 35.2 Å². The second kappa shape index (κ2) is 8.16. The number of pyridine rings is 2. The van der Waals surface area contributed by atoms with E-state index in [0.29, 0.717) is 19.6 Å². The van der Waals surface area contributed by atoms with Crippen LogP contribution in [0.1, 0.15) is 17.1 Å². The summed E-state index contributed by atoms with van der Waals surface area (Å²) < 4.78 is 5.44. The molecular weight excluding hydrogens is 362 g/mol. The molecule has 1 aliphatic heterocycles. The van der Waals surface area contributed by atoms with Crippen molar-refractivity contribution in [1.29, 1.82) is 0 Å². The third-order valence-electron chi connectivity index (χ3n) is 4.50. The molecule has 27 heavy (non-hydrogen) atoms. The Labute approximate surface area is 161 Å². The third kappa shape index (κ3) is 4.52. The van der Waals surface area contributed by atoms with Crippen LogP contribution in [0.5, 0.6) is 0 Å². The highest BCUT2D eigenvalue weighted by molar-refractivity contribution is 7.14. The Morgan fingerprint density at radius 2 is 2.04 bits per heavy atom. The predicted molar refractivity (Wildman–Crippen MR) is 104 cm³/mol. The van der Waals surface area contributed by atoms with Gasteiger partial charge in [0.15, 0.2) is 10.8 Å². The molecule has 0 atom stereocenters. The normalized spacial score (nSPS) is 15.7. The number of rotatable bonds is 5. The number of Topliss-reactive ketones (excluding diaryl/α,β-unsaturated/α-hetero) is 1. The third-order valence-corrected chi connectivity index (χ3v) is 5.36. The molecule has 1 fully saturated rings. The Morgan fingerprint density at radius 3 is 2.89 bits per heavy atom. The van der Waals surface area contributed by atoms with Crippen molar-refractivity contribution in [2.75, 3.05) is 32.8 Å². The van der Waals surface area contributed by atoms with Crippen LogP contribution in [0.3, 0.4) is 0 Å². The number of nitrogens with zero attached hydrogens (tertiary/aromatic N) is 5. The monoisotopic (exact) mass is 383 g/mol. The summed E-state index contributed by atoms with van der Waals surface area (Å²) in [6.07, 6.45) is 4.88. The summed E-state index contributed by atoms with van der Waals surface area (Å²) >= 11 is 1.52. The van der Waals surface area contributed by atoms with Gasteiger partial charge < -0.3 is 4.74 Å². The van der Waals surface area contributed by atoms with E-state index in [1.54, 1.807) is 12.4 Å². The van der Waals surface area contributed by atoms with Crippen LogP contribution in [0.4, 0.5) is 0 Å². The fraction of sp³-hybridized carbons (Fsp3) is 0.421. The van der Waals surface area contributed by atoms with Crippen molar-refractivity contribution in [3.63, 3.8) is 0 Å². The van der Waals surface area contributed by atoms with E-state index < -0.39 is 0 Å². The van der Waals surface area contributed by atoms with E-state index in [9.17, 15) is 4.79 Å². The fourth-order valence-electron chi connectivity index (χ4n) is 3.16. The highest BCUT2D eigenvalue weighted by atomic mass is 32.1. The number of fused-ring (bicyclic) bond motifs is 1. The van der Waals surface area contributed by atoms with Crippen molar-refractivity contribution in [2.24, 2.45) is 0 Å². The van der Waals surface area contributed by atoms with Crippen LogP contribution in [0.15, 0.2) is 24.5 Å². The van der Waals surface area contributed by atoms with Gasteiger partial charge in [0.2, 0.25) is 0 Å². The average molecular weight is 383 g/mol. The van der Waals surface area contributed by atoms with Gasteiger partial charge in [0.05, 0.1) is 19.6 Å². The quantitative estimate of drug-likeness (QED) is 0.668. The van der Waals surface area contributed by atoms with E-state index >= 15 is 0 Å². The highest BCUT2D eigenvalue weighted by Gasteiger charge is 2.14. The van der Waals surface area contributed by atoms with Crippen LogP contribution in [0, 0.1) is 6.92 Å². The van der Waals surface area contributed by atoms with Crippen molar-refractivity contribution < 1.29 is 9.53 Å². The average Bonchev–Trinajstić information content (AvgIpc) is 2.93. The zero-order chi connectivity index (χ0) is 18.6. The summed E-state index contributed by atoms with van der Waals surface area (Å²) in [4.78, 5) is 23.5. The van der Waals surface area contributed by atoms with Crippen LogP contribution in [-0.2, 0) is 16.0 Å². The first-order valence-electron chi connectivity index (χ1n) is 9.04. The van der Waals surface area contributed by atoms with Crippen molar-refractivity contribution in [3.8, 4) is 10.7 Å². The molecule has 0 saturated carbocycles. The Bertz CT molecular complexity index is 950. The first-order valence-corrected chi connectivity index (χ1v) is 9.86. The molecule has 0 aliphatic carbocycles. The second-order valence-electron chi connectivity index (χ2n) is 6.68. The van der Waals surface area contributed by atoms with Crippen LogP contribution in [-0.4, -0.2) is 63.7 Å². The van der Waals surface area contributed by atoms with E-state index in [1.165, 1.54) is 11.3 Å². The molecule has 0 unspecified atom stereocenters. The SMILES string of the molecule is Cc1nnc(-c2cc3cc(CC(=O)CN4CCCOCC4)ncc3cn2)s1. The largest absolute Gasteiger partial charge is 0.380 e. The van der Waals surface area contributed by atoms with Crippen molar-refractivity contribution in [2.45, 2.75) is 19.8 Å². The summed E-state index contributed by atoms with van der Waals surface area (Å²) in [5.74, 6) is 0.178. The van der Waals surface area contributed by atoms with Gasteiger partial charge in [-0.1, -0.05) is 11.3 Å². The minimum Gasteiger partial charge on any atom is -0.380 e. The number of carbonyl (C=O) groups excluding carboxylic acids is 1. The molecule has 0 radical (unpaired) electrons. The van der Waals surface area contributed by atoms with E-state index in [0.717, 1.165) is 58.3 Å². The number of hydrogen-bond donors (Lipinski definition) is 0. The summed E-state index contributed by atoms with van der Waals surface area (Å²) in [6, 6.07) is 3.95. The topological polar surface area (TPSA) is 81.1 Å². The van der Waals surface area contributed by atoms with Gasteiger partial charge in [0, 0.05) is 43.2 Å². The van der Waals surface area contributed by atoms with Crippen molar-refractivity contribution in [1.82, 2.24) is 25.1 Å². The number of ether oxygens (including phenoxy) is 1. The van der Waals surface area contributed by atoms with Gasteiger partial charge >= 0.3 is 0 Å². The van der Waals surface area contributed by atoms with E-state index in [1.807, 2.05) is 19.1 Å². The van der Waals surface area contributed by atoms with Crippen LogP contribution in [0.2, 0.25) is 0 Å². The van der Waals surface area contributed by atoms with Gasteiger partial charge in [-0.3, -0.25) is 19.7 Å². The minimum absolute atomic E-state index is 0.178. The minimum atomic E-state index is 0.178. The molecule has 0 bridgehead atoms. The summed E-state index contributed by atoms with van der Waals surface area (Å²) in [5, 5.41) is 11.9. The lowest BCUT2D eigenvalue weighted by molar-refractivity contribution is -0.119. The molecule has 4 heterocycles. The second-order valence-corrected chi connectivity index (χ2v) is 7.86. The lowest BCUT2D eigenvalue weighted by Crippen LogP contribution is -2.32. The standard InChI is InChI=1S/C19H21N5O2S/c1-13-22-23-19(27-13)18-8-14-7-16(20-10-15(14)11-21-18)9-17(25)12-24-3-2-5-26-6-4-24/h7-8,10-11H,2-6,9,12H2,1H3. The van der Waals surface area contributed by atoms with Gasteiger partial charge in [-0.15, -0.1) is 10.2 Å². The molecule has 3 aromatic heterocycles. The van der Waals surface area contributed by atoms with E-state index in [4.69, 9.17) is 4.74 Å². The number of ketones is 1. The Morgan fingerprint density at radius 1 is 1.15 bits per heavy atom. The van der Waals surface area contributed by atoms with E-state index in [-0.39, 0.29) is 5.78 Å². The summed E-state index contributed by atoms with van der Waals surface area (Å²) in [5.41, 5.74) is 1.57. The van der Waals surface area contributed by atoms with Crippen LogP contribution in [0.25, 0.3) is 21.5 Å². The molecule has 7 nitrogen and oxygen atoms in total. The molecular formula is C19H21N5O2S. The summed E-state index contributed by atoms with van der Waals surface area (Å²) in [7, 11) is 0. The smallest absolute Gasteiger partial charge is 0.166 e. The predicted octanol–water partition coefficient (Wildman–Crippen LogP) is 2.29. The molecule has 4 rings (SSSR count). The number of aromatic nitrogens is 4. The molecule has 140 valence electrons. The maximum atomic E-state index is 12.5. The Balaban J connectivity index is 1.49. The first kappa shape index (κ1) is 18.1. The number of carbonyl (C=O) groups is 1. The van der Waals surface area contributed by atoms with Crippen molar-refractivity contribution >= 4 is 27.9 Å². The van der Waals surface area contributed by atoms with Gasteiger partial charge in [0.1, 0.15) is 10.7 Å². The highest BCUT2D eigenvalue weighted by Crippen LogP contribution is 2.24. The summed E-state index contributed by atoms with van der Waals surface area (Å²) in [6.45, 7) is 5.57. The molecule has 1 saturated heterocycles. The van der Waals surface area contributed by atoms with Gasteiger partial charge in [0.25, 0.3) is 0 Å². The van der Waals surface area contributed by atoms with Gasteiger partial charge in [-0.25, -0.2) is 0 Å². The lowest BCUT2D eigenvalue weighted by Gasteiger charge is -2.17. The zero-order valence-electron chi connectivity index (χ0n) is 15.2. The number of hydrogen-bond acceptors (Lipinski definition) is 8. The van der Waals surface area contributed by atoms with Gasteiger partial charge in [-0.05, 0) is 30.9 Å². The molecule has 3 aromatic rings. The lowest BCUT2D eigenvalue weighted by atomic mass is 10.1. The Kier molecular flexibility index (Phi) is 5.47. The van der Waals surface area contributed by atoms with Gasteiger partial charge in [-0.2, -0.15) is 0 Å². The Hall–Kier alpha value is -2.29. The maximum Gasteiger partial charge on any atom is 0.166 e. The molecule has 0 N–H and O–H groups in total. The number of aryl methyl sites for hydroxylation is 1. The van der Waals surface area contributed by atoms with Crippen LogP contribution >= 0.6 is 11.3 Å². The molecule has 0 amide bonds. The van der Waals surface area contributed by atoms with Crippen LogP contribution < -0.4 is 0 Å². The zero-order valence-corrected chi connectivity index (χ0v) is 16.0. The first-order chi connectivity index (χ1) is 13.2. The molecule has 1 aliphatic rings. The molecule has 8 heteroatoms. The fourth-order valence-corrected chi connectivity index (χ4v) is 3.82. The molecule has 0 aromatic carbocycles. The maximum absolute atomic E-state index is 12.5. The molecule has 0 spiro atoms. The van der Waals surface area contributed by atoms with E-state index in [2.05, 4.69) is 25.1 Å².